The van der Waals surface area contributed by atoms with Crippen molar-refractivity contribution in [1.29, 1.82) is 0 Å². The number of aromatic carboxylic acids is 1. The van der Waals surface area contributed by atoms with E-state index in [9.17, 15) is 14.4 Å². The Morgan fingerprint density at radius 2 is 1.88 bits per heavy atom. The fraction of sp³-hybridized carbons (Fsp3) is 0.353. The van der Waals surface area contributed by atoms with Crippen molar-refractivity contribution in [3.05, 3.63) is 48.0 Å². The number of carboxylic acid groups (broad SMARTS) is 1. The summed E-state index contributed by atoms with van der Waals surface area (Å²) in [7, 11) is 0. The van der Waals surface area contributed by atoms with E-state index in [1.54, 1.807) is 13.8 Å². The third-order valence-electron chi connectivity index (χ3n) is 3.14. The van der Waals surface area contributed by atoms with Crippen molar-refractivity contribution in [3.63, 3.8) is 0 Å². The normalized spacial score (nSPS) is 12.8. The molecule has 0 radical (unpaired) electrons. The minimum Gasteiger partial charge on any atom is -0.478 e. The molecule has 2 atom stereocenters. The van der Waals surface area contributed by atoms with E-state index in [1.165, 1.54) is 24.3 Å². The Balaban J connectivity index is 2.82. The fourth-order valence-electron chi connectivity index (χ4n) is 1.92. The first-order valence-corrected chi connectivity index (χ1v) is 7.34. The van der Waals surface area contributed by atoms with Gasteiger partial charge >= 0.3 is 17.9 Å². The second-order valence-electron chi connectivity index (χ2n) is 4.79. The molecule has 1 aromatic carbocycles. The minimum atomic E-state index is -1.24. The van der Waals surface area contributed by atoms with Crippen LogP contribution < -0.4 is 0 Å². The van der Waals surface area contributed by atoms with Crippen molar-refractivity contribution in [2.45, 2.75) is 26.1 Å². The van der Waals surface area contributed by atoms with Crippen molar-refractivity contribution < 1.29 is 33.7 Å². The van der Waals surface area contributed by atoms with E-state index in [-0.39, 0.29) is 17.7 Å². The summed E-state index contributed by atoms with van der Waals surface area (Å²) < 4.78 is 15.6. The second kappa shape index (κ2) is 9.46. The molecule has 0 bridgehead atoms. The highest BCUT2D eigenvalue weighted by Gasteiger charge is 2.25. The van der Waals surface area contributed by atoms with E-state index in [0.29, 0.717) is 6.61 Å². The van der Waals surface area contributed by atoms with Crippen molar-refractivity contribution >= 4 is 17.9 Å². The summed E-state index contributed by atoms with van der Waals surface area (Å²) in [5.74, 6) is -2.73. The number of esters is 2. The highest BCUT2D eigenvalue weighted by molar-refractivity contribution is 6.02. The Labute approximate surface area is 139 Å². The summed E-state index contributed by atoms with van der Waals surface area (Å²) in [4.78, 5) is 34.6. The number of benzene rings is 1. The summed E-state index contributed by atoms with van der Waals surface area (Å²) >= 11 is 0. The number of carbonyl (C=O) groups excluding carboxylic acids is 2. The third kappa shape index (κ3) is 5.51. The molecule has 0 spiro atoms. The molecule has 2 unspecified atom stereocenters. The monoisotopic (exact) mass is 336 g/mol. The molecule has 1 N–H and O–H groups in total. The Morgan fingerprint density at radius 1 is 1.25 bits per heavy atom. The van der Waals surface area contributed by atoms with Crippen molar-refractivity contribution in [2.24, 2.45) is 0 Å². The van der Waals surface area contributed by atoms with Gasteiger partial charge < -0.3 is 19.3 Å². The summed E-state index contributed by atoms with van der Waals surface area (Å²) in [5.41, 5.74) is -0.247. The third-order valence-corrected chi connectivity index (χ3v) is 3.14. The van der Waals surface area contributed by atoms with Crippen molar-refractivity contribution in [3.8, 4) is 0 Å². The molecule has 24 heavy (non-hydrogen) atoms. The lowest BCUT2D eigenvalue weighted by atomic mass is 10.1. The maximum absolute atomic E-state index is 12.1. The van der Waals surface area contributed by atoms with Gasteiger partial charge in [0.05, 0.1) is 17.2 Å². The number of carbonyl (C=O) groups is 3. The lowest BCUT2D eigenvalue weighted by Crippen LogP contribution is -2.36. The Kier molecular flexibility index (Phi) is 7.64. The maximum Gasteiger partial charge on any atom is 0.339 e. The molecule has 0 aliphatic rings. The van der Waals surface area contributed by atoms with Gasteiger partial charge in [0.2, 0.25) is 0 Å². The number of ether oxygens (including phenoxy) is 3. The minimum absolute atomic E-state index is 0.0807. The second-order valence-corrected chi connectivity index (χ2v) is 4.79. The van der Waals surface area contributed by atoms with Crippen molar-refractivity contribution in [2.75, 3.05) is 13.2 Å². The molecule has 130 valence electrons. The maximum atomic E-state index is 12.1. The molecule has 0 amide bonds. The average molecular weight is 336 g/mol. The largest absolute Gasteiger partial charge is 0.478 e. The van der Waals surface area contributed by atoms with Crippen LogP contribution in [0.2, 0.25) is 0 Å². The van der Waals surface area contributed by atoms with Gasteiger partial charge in [-0.2, -0.15) is 0 Å². The molecule has 1 rings (SSSR count). The predicted molar refractivity (Wildman–Crippen MR) is 84.8 cm³/mol. The first-order valence-electron chi connectivity index (χ1n) is 7.34. The molecule has 0 saturated heterocycles. The molecule has 1 aromatic rings. The highest BCUT2D eigenvalue weighted by Crippen LogP contribution is 2.12. The number of hydrogen-bond donors (Lipinski definition) is 1. The van der Waals surface area contributed by atoms with E-state index in [2.05, 4.69) is 6.58 Å². The smallest absolute Gasteiger partial charge is 0.339 e. The van der Waals surface area contributed by atoms with Gasteiger partial charge in [0, 0.05) is 12.7 Å². The molecule has 7 nitrogen and oxygen atoms in total. The molecule has 0 saturated carbocycles. The van der Waals surface area contributed by atoms with Crippen LogP contribution in [0, 0.1) is 0 Å². The standard InChI is InChI=1S/C17H20O7/c1-4-15(18)24-14(11(3)22-5-2)10-23-17(21)13-9-7-6-8-12(13)16(19)20/h4,6-9,11,14H,1,5,10H2,2-3H3,(H,19,20). The zero-order valence-corrected chi connectivity index (χ0v) is 13.6. The van der Waals surface area contributed by atoms with Gasteiger partial charge in [-0.15, -0.1) is 0 Å². The summed E-state index contributed by atoms with van der Waals surface area (Å²) in [5, 5.41) is 9.09. The summed E-state index contributed by atoms with van der Waals surface area (Å²) in [6.45, 7) is 6.87. The molecule has 0 aliphatic heterocycles. The van der Waals surface area contributed by atoms with Gasteiger partial charge in [0.15, 0.2) is 6.10 Å². The topological polar surface area (TPSA) is 99.1 Å². The van der Waals surface area contributed by atoms with E-state index in [0.717, 1.165) is 6.08 Å². The van der Waals surface area contributed by atoms with E-state index >= 15 is 0 Å². The van der Waals surface area contributed by atoms with Crippen LogP contribution in [-0.2, 0) is 19.0 Å². The summed E-state index contributed by atoms with van der Waals surface area (Å²) in [6, 6.07) is 5.69. The van der Waals surface area contributed by atoms with Gasteiger partial charge in [-0.1, -0.05) is 18.7 Å². The van der Waals surface area contributed by atoms with Gasteiger partial charge in [-0.25, -0.2) is 14.4 Å². The lowest BCUT2D eigenvalue weighted by molar-refractivity contribution is -0.154. The number of hydrogen-bond acceptors (Lipinski definition) is 6. The Bertz CT molecular complexity index is 609. The zero-order chi connectivity index (χ0) is 18.1. The molecular formula is C17H20O7. The van der Waals surface area contributed by atoms with Gasteiger partial charge in [-0.3, -0.25) is 0 Å². The van der Waals surface area contributed by atoms with Gasteiger partial charge in [-0.05, 0) is 26.0 Å². The van der Waals surface area contributed by atoms with Crippen LogP contribution in [-0.4, -0.2) is 48.4 Å². The number of rotatable bonds is 9. The fourth-order valence-corrected chi connectivity index (χ4v) is 1.92. The van der Waals surface area contributed by atoms with Gasteiger partial charge in [0.1, 0.15) is 6.61 Å². The highest BCUT2D eigenvalue weighted by atomic mass is 16.6. The first kappa shape index (κ1) is 19.4. The molecule has 0 aliphatic carbocycles. The molecule has 0 fully saturated rings. The predicted octanol–water partition coefficient (Wildman–Crippen LogP) is 2.06. The molecule has 7 heteroatoms. The van der Waals surface area contributed by atoms with Crippen LogP contribution in [0.5, 0.6) is 0 Å². The van der Waals surface area contributed by atoms with E-state index in [4.69, 9.17) is 19.3 Å². The lowest BCUT2D eigenvalue weighted by Gasteiger charge is -2.23. The van der Waals surface area contributed by atoms with Crippen LogP contribution in [0.3, 0.4) is 0 Å². The van der Waals surface area contributed by atoms with Crippen LogP contribution in [0.25, 0.3) is 0 Å². The Hall–Kier alpha value is -2.67. The van der Waals surface area contributed by atoms with Crippen LogP contribution >= 0.6 is 0 Å². The van der Waals surface area contributed by atoms with E-state index < -0.39 is 30.1 Å². The zero-order valence-electron chi connectivity index (χ0n) is 13.6. The quantitative estimate of drug-likeness (QED) is 0.544. The summed E-state index contributed by atoms with van der Waals surface area (Å²) in [6.07, 6.45) is -0.356. The molecular weight excluding hydrogens is 316 g/mol. The Morgan fingerprint density at radius 3 is 2.42 bits per heavy atom. The first-order chi connectivity index (χ1) is 11.4. The van der Waals surface area contributed by atoms with E-state index in [1.807, 2.05) is 0 Å². The van der Waals surface area contributed by atoms with Crippen LogP contribution in [0.4, 0.5) is 0 Å². The average Bonchev–Trinajstić information content (AvgIpc) is 2.58. The van der Waals surface area contributed by atoms with Crippen LogP contribution in [0.1, 0.15) is 34.6 Å². The SMILES string of the molecule is C=CC(=O)OC(COC(=O)c1ccccc1C(=O)O)C(C)OCC. The van der Waals surface area contributed by atoms with Crippen molar-refractivity contribution in [1.82, 2.24) is 0 Å². The van der Waals surface area contributed by atoms with Gasteiger partial charge in [0.25, 0.3) is 0 Å². The number of carboxylic acids is 1. The molecule has 0 aromatic heterocycles. The van der Waals surface area contributed by atoms with Crippen LogP contribution in [0.15, 0.2) is 36.9 Å². The molecule has 0 heterocycles.